The second-order valence-corrected chi connectivity index (χ2v) is 8.98. The number of rotatable bonds is 7. The third-order valence-electron chi connectivity index (χ3n) is 5.35. The van der Waals surface area contributed by atoms with Crippen LogP contribution in [0.4, 0.5) is 0 Å². The molecule has 2 fully saturated rings. The van der Waals surface area contributed by atoms with Crippen molar-refractivity contribution in [1.82, 2.24) is 14.5 Å². The fourth-order valence-electron chi connectivity index (χ4n) is 3.65. The van der Waals surface area contributed by atoms with Crippen LogP contribution in [0.15, 0.2) is 29.2 Å². The van der Waals surface area contributed by atoms with Gasteiger partial charge in [0.2, 0.25) is 22.3 Å². The minimum absolute atomic E-state index is 0.0481. The molecule has 27 heavy (non-hydrogen) atoms. The molecule has 0 unspecified atom stereocenters. The van der Waals surface area contributed by atoms with E-state index in [9.17, 15) is 18.0 Å². The lowest BCUT2D eigenvalue weighted by atomic mass is 10.1. The quantitative estimate of drug-likeness (QED) is 0.704. The van der Waals surface area contributed by atoms with Crippen molar-refractivity contribution < 1.29 is 18.0 Å². The molecule has 148 valence electrons. The zero-order valence-corrected chi connectivity index (χ0v) is 16.3. The Bertz CT molecular complexity index is 750. The maximum absolute atomic E-state index is 12.4. The number of piperazine rings is 1. The van der Waals surface area contributed by atoms with Gasteiger partial charge < -0.3 is 9.80 Å². The molecule has 2 aliphatic rings. The first kappa shape index (κ1) is 19.8. The Kier molecular flexibility index (Phi) is 6.49. The number of aryl methyl sites for hydroxylation is 1. The van der Waals surface area contributed by atoms with Crippen molar-refractivity contribution in [1.29, 1.82) is 0 Å². The zero-order chi connectivity index (χ0) is 19.3. The molecule has 1 saturated carbocycles. The van der Waals surface area contributed by atoms with Gasteiger partial charge in [-0.2, -0.15) is 0 Å². The van der Waals surface area contributed by atoms with Crippen LogP contribution in [0.5, 0.6) is 0 Å². The van der Waals surface area contributed by atoms with Crippen molar-refractivity contribution in [3.63, 3.8) is 0 Å². The molecule has 1 saturated heterocycles. The Hall–Kier alpha value is -1.93. The van der Waals surface area contributed by atoms with E-state index in [1.54, 1.807) is 34.1 Å². The standard InChI is InChI=1S/C19H27N3O4S/c23-15-21-11-13-22(14-12-21)19(24)10-7-16-5-8-18(9-6-16)27(25,26)20-17-3-1-2-4-17/h5-6,8-9,15,17,20H,1-4,7,10-14H2. The van der Waals surface area contributed by atoms with Gasteiger partial charge in [0, 0.05) is 38.6 Å². The highest BCUT2D eigenvalue weighted by Crippen LogP contribution is 2.21. The average molecular weight is 394 g/mol. The second kappa shape index (κ2) is 8.84. The molecule has 1 aliphatic heterocycles. The fourth-order valence-corrected chi connectivity index (χ4v) is 4.96. The Morgan fingerprint density at radius 2 is 1.70 bits per heavy atom. The molecule has 8 heteroatoms. The SMILES string of the molecule is O=CN1CCN(C(=O)CCc2ccc(S(=O)(=O)NC3CCCC3)cc2)CC1. The van der Waals surface area contributed by atoms with Crippen LogP contribution in [-0.2, 0) is 26.0 Å². The lowest BCUT2D eigenvalue weighted by molar-refractivity contribution is -0.135. The van der Waals surface area contributed by atoms with Crippen molar-refractivity contribution in [2.45, 2.75) is 49.5 Å². The number of carbonyl (C=O) groups is 2. The van der Waals surface area contributed by atoms with E-state index in [1.807, 2.05) is 0 Å². The number of nitrogens with one attached hydrogen (secondary N) is 1. The van der Waals surface area contributed by atoms with Gasteiger partial charge in [0.05, 0.1) is 4.90 Å². The number of benzene rings is 1. The molecule has 1 aromatic rings. The molecule has 2 amide bonds. The van der Waals surface area contributed by atoms with Crippen LogP contribution in [0.1, 0.15) is 37.7 Å². The van der Waals surface area contributed by atoms with E-state index < -0.39 is 10.0 Å². The van der Waals surface area contributed by atoms with Crippen LogP contribution in [0.25, 0.3) is 0 Å². The monoisotopic (exact) mass is 393 g/mol. The highest BCUT2D eigenvalue weighted by Gasteiger charge is 2.23. The van der Waals surface area contributed by atoms with E-state index in [4.69, 9.17) is 0 Å². The summed E-state index contributed by atoms with van der Waals surface area (Å²) in [6, 6.07) is 6.83. The summed E-state index contributed by atoms with van der Waals surface area (Å²) in [7, 11) is -3.47. The first-order valence-electron chi connectivity index (χ1n) is 9.56. The van der Waals surface area contributed by atoms with E-state index in [0.717, 1.165) is 37.7 Å². The third-order valence-corrected chi connectivity index (χ3v) is 6.89. The number of sulfonamides is 1. The Morgan fingerprint density at radius 3 is 2.30 bits per heavy atom. The van der Waals surface area contributed by atoms with Crippen molar-refractivity contribution in [3.8, 4) is 0 Å². The van der Waals surface area contributed by atoms with Crippen LogP contribution in [0, 0.1) is 0 Å². The van der Waals surface area contributed by atoms with Crippen LogP contribution in [0.3, 0.4) is 0 Å². The molecule has 7 nitrogen and oxygen atoms in total. The maximum atomic E-state index is 12.4. The molecule has 0 bridgehead atoms. The van der Waals surface area contributed by atoms with Crippen molar-refractivity contribution in [2.24, 2.45) is 0 Å². The summed E-state index contributed by atoms with van der Waals surface area (Å²) in [5.41, 5.74) is 0.940. The third kappa shape index (κ3) is 5.29. The molecule has 1 aromatic carbocycles. The molecule has 1 N–H and O–H groups in total. The molecular formula is C19H27N3O4S. The smallest absolute Gasteiger partial charge is 0.240 e. The molecule has 0 atom stereocenters. The first-order chi connectivity index (χ1) is 13.0. The maximum Gasteiger partial charge on any atom is 0.240 e. The topological polar surface area (TPSA) is 86.8 Å². The molecular weight excluding hydrogens is 366 g/mol. The fraction of sp³-hybridized carbons (Fsp3) is 0.579. The summed E-state index contributed by atoms with van der Waals surface area (Å²) in [6.07, 6.45) is 5.73. The van der Waals surface area contributed by atoms with Crippen molar-refractivity contribution >= 4 is 22.3 Å². The molecule has 1 heterocycles. The van der Waals surface area contributed by atoms with Crippen LogP contribution < -0.4 is 4.72 Å². The average Bonchev–Trinajstić information content (AvgIpc) is 3.19. The van der Waals surface area contributed by atoms with Crippen LogP contribution >= 0.6 is 0 Å². The summed E-state index contributed by atoms with van der Waals surface area (Å²) in [4.78, 5) is 26.7. The van der Waals surface area contributed by atoms with E-state index >= 15 is 0 Å². The number of hydrogen-bond donors (Lipinski definition) is 1. The molecule has 0 spiro atoms. The van der Waals surface area contributed by atoms with Gasteiger partial charge in [0.25, 0.3) is 0 Å². The summed E-state index contributed by atoms with van der Waals surface area (Å²) >= 11 is 0. The van der Waals surface area contributed by atoms with E-state index in [2.05, 4.69) is 4.72 Å². The van der Waals surface area contributed by atoms with Gasteiger partial charge in [-0.15, -0.1) is 0 Å². The molecule has 1 aliphatic carbocycles. The van der Waals surface area contributed by atoms with Gasteiger partial charge in [-0.05, 0) is 37.0 Å². The molecule has 3 rings (SSSR count). The highest BCUT2D eigenvalue weighted by atomic mass is 32.2. The first-order valence-corrected chi connectivity index (χ1v) is 11.0. The van der Waals surface area contributed by atoms with Gasteiger partial charge in [-0.3, -0.25) is 9.59 Å². The van der Waals surface area contributed by atoms with E-state index in [-0.39, 0.29) is 16.8 Å². The lowest BCUT2D eigenvalue weighted by Gasteiger charge is -2.32. The van der Waals surface area contributed by atoms with Crippen LogP contribution in [-0.4, -0.2) is 62.8 Å². The van der Waals surface area contributed by atoms with E-state index in [0.29, 0.717) is 39.0 Å². The molecule has 0 radical (unpaired) electrons. The number of hydrogen-bond acceptors (Lipinski definition) is 4. The Morgan fingerprint density at radius 1 is 1.07 bits per heavy atom. The minimum Gasteiger partial charge on any atom is -0.342 e. The van der Waals surface area contributed by atoms with Gasteiger partial charge in [-0.1, -0.05) is 25.0 Å². The zero-order valence-electron chi connectivity index (χ0n) is 15.5. The number of nitrogens with zero attached hydrogens (tertiary/aromatic N) is 2. The lowest BCUT2D eigenvalue weighted by Crippen LogP contribution is -2.48. The second-order valence-electron chi connectivity index (χ2n) is 7.27. The highest BCUT2D eigenvalue weighted by molar-refractivity contribution is 7.89. The molecule has 0 aromatic heterocycles. The Balaban J connectivity index is 1.50. The van der Waals surface area contributed by atoms with Crippen molar-refractivity contribution in [3.05, 3.63) is 29.8 Å². The largest absolute Gasteiger partial charge is 0.342 e. The summed E-state index contributed by atoms with van der Waals surface area (Å²) < 4.78 is 27.6. The summed E-state index contributed by atoms with van der Waals surface area (Å²) in [5.74, 6) is 0.0696. The minimum atomic E-state index is -3.47. The van der Waals surface area contributed by atoms with Crippen molar-refractivity contribution in [2.75, 3.05) is 26.2 Å². The van der Waals surface area contributed by atoms with E-state index in [1.165, 1.54) is 0 Å². The number of carbonyl (C=O) groups excluding carboxylic acids is 2. The predicted octanol–water partition coefficient (Wildman–Crippen LogP) is 1.14. The summed E-state index contributed by atoms with van der Waals surface area (Å²) in [6.45, 7) is 2.30. The van der Waals surface area contributed by atoms with Gasteiger partial charge in [0.15, 0.2) is 0 Å². The van der Waals surface area contributed by atoms with Gasteiger partial charge >= 0.3 is 0 Å². The Labute approximate surface area is 160 Å². The van der Waals surface area contributed by atoms with Crippen LogP contribution in [0.2, 0.25) is 0 Å². The normalized spacial score (nSPS) is 18.7. The number of amides is 2. The van der Waals surface area contributed by atoms with Gasteiger partial charge in [-0.25, -0.2) is 13.1 Å². The summed E-state index contributed by atoms with van der Waals surface area (Å²) in [5, 5.41) is 0. The predicted molar refractivity (Wildman–Crippen MR) is 102 cm³/mol. The van der Waals surface area contributed by atoms with Gasteiger partial charge in [0.1, 0.15) is 0 Å².